The first-order valence-corrected chi connectivity index (χ1v) is 6.08. The van der Waals surface area contributed by atoms with Gasteiger partial charge in [0.15, 0.2) is 0 Å². The summed E-state index contributed by atoms with van der Waals surface area (Å²) >= 11 is 6.10. The van der Waals surface area contributed by atoms with Gasteiger partial charge in [-0.25, -0.2) is 4.98 Å². The lowest BCUT2D eigenvalue weighted by molar-refractivity contribution is 1.32. The number of hydrogen-bond donors (Lipinski definition) is 0. The molecule has 0 aliphatic heterocycles. The summed E-state index contributed by atoms with van der Waals surface area (Å²) in [7, 11) is 0. The lowest BCUT2D eigenvalue weighted by atomic mass is 10.0. The third-order valence-corrected chi connectivity index (χ3v) is 2.85. The lowest BCUT2D eigenvalue weighted by Crippen LogP contribution is -1.87. The second-order valence-corrected chi connectivity index (χ2v) is 4.32. The highest BCUT2D eigenvalue weighted by Gasteiger charge is 2.05. The van der Waals surface area contributed by atoms with Gasteiger partial charge in [0.1, 0.15) is 5.15 Å². The number of benzene rings is 2. The van der Waals surface area contributed by atoms with E-state index in [9.17, 15) is 0 Å². The first-order valence-electron chi connectivity index (χ1n) is 8.20. The fourth-order valence-electron chi connectivity index (χ4n) is 1.79. The molecule has 0 aliphatic rings. The van der Waals surface area contributed by atoms with Gasteiger partial charge < -0.3 is 0 Å². The van der Waals surface area contributed by atoms with Crippen molar-refractivity contribution in [3.05, 3.63) is 77.8 Å². The average Bonchev–Trinajstić information content (AvgIpc) is 2.59. The Hall–Kier alpha value is -2.12. The summed E-state index contributed by atoms with van der Waals surface area (Å²) in [5, 5.41) is 0.193. The van der Waals surface area contributed by atoms with Crippen LogP contribution in [0.2, 0.25) is 5.15 Å². The van der Waals surface area contributed by atoms with Crippen LogP contribution >= 0.6 is 11.6 Å². The van der Waals surface area contributed by atoms with Gasteiger partial charge in [0, 0.05) is 5.56 Å². The van der Waals surface area contributed by atoms with E-state index in [-0.39, 0.29) is 34.9 Å². The fraction of sp³-hybridized carbons (Fsp3) is 0. The van der Waals surface area contributed by atoms with Crippen LogP contribution in [-0.4, -0.2) is 4.98 Å². The Kier molecular flexibility index (Phi) is 2.06. The van der Waals surface area contributed by atoms with Crippen LogP contribution < -0.4 is 0 Å². The SMILES string of the molecule is [2H]c1c([2H])c([2H])c(-c2cc(Cl)nc(-c3ccccc3)c2)c([2H])c1[2H]. The smallest absolute Gasteiger partial charge is 0.130 e. The van der Waals surface area contributed by atoms with Crippen molar-refractivity contribution < 1.29 is 6.85 Å². The van der Waals surface area contributed by atoms with E-state index >= 15 is 0 Å². The molecule has 2 aromatic carbocycles. The molecule has 3 rings (SSSR count). The van der Waals surface area contributed by atoms with Crippen LogP contribution in [0.4, 0.5) is 0 Å². The van der Waals surface area contributed by atoms with E-state index in [0.717, 1.165) is 5.56 Å². The number of halogens is 1. The largest absolute Gasteiger partial charge is 0.236 e. The van der Waals surface area contributed by atoms with Crippen LogP contribution in [0.1, 0.15) is 6.85 Å². The Labute approximate surface area is 124 Å². The molecule has 0 radical (unpaired) electrons. The zero-order valence-electron chi connectivity index (χ0n) is 14.9. The Balaban J connectivity index is 2.27. The monoisotopic (exact) mass is 270 g/mol. The standard InChI is InChI=1S/C17H12ClN/c18-17-12-15(13-7-3-1-4-8-13)11-16(19-17)14-9-5-2-6-10-14/h1-12H/i1D,3D,4D,7D,8D. The Morgan fingerprint density at radius 3 is 2.32 bits per heavy atom. The molecule has 0 saturated heterocycles. The number of hydrogen-bond acceptors (Lipinski definition) is 1. The highest BCUT2D eigenvalue weighted by Crippen LogP contribution is 2.27. The summed E-state index contributed by atoms with van der Waals surface area (Å²) in [6.45, 7) is 0. The summed E-state index contributed by atoms with van der Waals surface area (Å²) in [6.07, 6.45) is 0. The maximum absolute atomic E-state index is 8.08. The molecule has 0 N–H and O–H groups in total. The zero-order valence-corrected chi connectivity index (χ0v) is 10.6. The van der Waals surface area contributed by atoms with Gasteiger partial charge in [-0.1, -0.05) is 72.1 Å². The van der Waals surface area contributed by atoms with E-state index in [1.165, 1.54) is 6.07 Å². The van der Waals surface area contributed by atoms with Crippen molar-refractivity contribution in [1.29, 1.82) is 0 Å². The van der Waals surface area contributed by atoms with E-state index in [1.807, 2.05) is 30.3 Å². The Morgan fingerprint density at radius 2 is 1.58 bits per heavy atom. The van der Waals surface area contributed by atoms with Crippen molar-refractivity contribution in [2.75, 3.05) is 0 Å². The van der Waals surface area contributed by atoms with Crippen molar-refractivity contribution in [3.8, 4) is 22.4 Å². The molecule has 1 heterocycles. The van der Waals surface area contributed by atoms with E-state index in [4.69, 9.17) is 18.5 Å². The first kappa shape index (κ1) is 7.46. The third kappa shape index (κ3) is 2.67. The third-order valence-electron chi connectivity index (χ3n) is 2.65. The second kappa shape index (κ2) is 5.25. The highest BCUT2D eigenvalue weighted by atomic mass is 35.5. The number of pyridine rings is 1. The molecule has 0 atom stereocenters. The van der Waals surface area contributed by atoms with Gasteiger partial charge in [0.2, 0.25) is 0 Å². The molecule has 0 spiro atoms. The zero-order chi connectivity index (χ0) is 17.4. The van der Waals surface area contributed by atoms with Gasteiger partial charge >= 0.3 is 0 Å². The Bertz CT molecular complexity index is 899. The van der Waals surface area contributed by atoms with Crippen molar-refractivity contribution in [2.45, 2.75) is 0 Å². The molecule has 0 bridgehead atoms. The molecule has 1 nitrogen and oxygen atoms in total. The van der Waals surface area contributed by atoms with Gasteiger partial charge in [0.05, 0.1) is 12.5 Å². The van der Waals surface area contributed by atoms with Gasteiger partial charge in [-0.3, -0.25) is 0 Å². The first-order chi connectivity index (χ1) is 11.4. The lowest BCUT2D eigenvalue weighted by Gasteiger charge is -2.06. The molecule has 0 aliphatic carbocycles. The van der Waals surface area contributed by atoms with Crippen LogP contribution in [0.5, 0.6) is 0 Å². The van der Waals surface area contributed by atoms with Crippen molar-refractivity contribution in [2.24, 2.45) is 0 Å². The van der Waals surface area contributed by atoms with Crippen molar-refractivity contribution >= 4 is 11.6 Å². The van der Waals surface area contributed by atoms with Gasteiger partial charge in [-0.05, 0) is 23.3 Å². The summed E-state index contributed by atoms with van der Waals surface area (Å²) < 4.78 is 39.4. The molecular formula is C17H12ClN. The topological polar surface area (TPSA) is 12.9 Å². The van der Waals surface area contributed by atoms with E-state index in [1.54, 1.807) is 6.07 Å². The molecule has 0 fully saturated rings. The summed E-state index contributed by atoms with van der Waals surface area (Å²) in [5.41, 5.74) is 1.95. The average molecular weight is 271 g/mol. The number of aromatic nitrogens is 1. The van der Waals surface area contributed by atoms with Crippen LogP contribution in [0.15, 0.2) is 72.7 Å². The quantitative estimate of drug-likeness (QED) is 0.593. The Morgan fingerprint density at radius 1 is 0.842 bits per heavy atom. The molecule has 92 valence electrons. The fourth-order valence-corrected chi connectivity index (χ4v) is 2.00. The maximum Gasteiger partial charge on any atom is 0.130 e. The minimum Gasteiger partial charge on any atom is -0.236 e. The molecule has 3 aromatic rings. The van der Waals surface area contributed by atoms with Crippen molar-refractivity contribution in [3.63, 3.8) is 0 Å². The van der Waals surface area contributed by atoms with E-state index < -0.39 is 6.04 Å². The van der Waals surface area contributed by atoms with Crippen LogP contribution in [-0.2, 0) is 0 Å². The molecule has 0 saturated carbocycles. The normalized spacial score (nSPS) is 14.1. The highest BCUT2D eigenvalue weighted by molar-refractivity contribution is 6.29. The second-order valence-electron chi connectivity index (χ2n) is 3.93. The van der Waals surface area contributed by atoms with Crippen LogP contribution in [0.3, 0.4) is 0 Å². The van der Waals surface area contributed by atoms with E-state index in [2.05, 4.69) is 4.98 Å². The summed E-state index contributed by atoms with van der Waals surface area (Å²) in [5.74, 6) is 0. The molecule has 0 unspecified atom stereocenters. The van der Waals surface area contributed by atoms with Gasteiger partial charge in [0.25, 0.3) is 0 Å². The van der Waals surface area contributed by atoms with Gasteiger partial charge in [-0.15, -0.1) is 0 Å². The van der Waals surface area contributed by atoms with E-state index in [0.29, 0.717) is 11.3 Å². The number of nitrogens with zero attached hydrogens (tertiary/aromatic N) is 1. The maximum atomic E-state index is 8.08. The predicted molar refractivity (Wildman–Crippen MR) is 80.1 cm³/mol. The molecular weight excluding hydrogens is 254 g/mol. The summed E-state index contributed by atoms with van der Waals surface area (Å²) in [6, 6.07) is 10.8. The molecule has 0 amide bonds. The predicted octanol–water partition coefficient (Wildman–Crippen LogP) is 5.07. The van der Waals surface area contributed by atoms with Crippen LogP contribution in [0, 0.1) is 0 Å². The minimum atomic E-state index is -0.419. The molecule has 2 heteroatoms. The minimum absolute atomic E-state index is 0.113. The summed E-state index contributed by atoms with van der Waals surface area (Å²) in [4.78, 5) is 4.26. The molecule has 19 heavy (non-hydrogen) atoms. The van der Waals surface area contributed by atoms with Crippen molar-refractivity contribution in [1.82, 2.24) is 4.98 Å². The number of rotatable bonds is 2. The van der Waals surface area contributed by atoms with Crippen LogP contribution in [0.25, 0.3) is 22.4 Å². The van der Waals surface area contributed by atoms with Gasteiger partial charge in [-0.2, -0.15) is 0 Å². The molecule has 1 aromatic heterocycles.